The average molecular weight is 473 g/mol. The summed E-state index contributed by atoms with van der Waals surface area (Å²) in [5.41, 5.74) is -0.179. The molecule has 176 valence electrons. The number of carbonyl (C=O) groups is 2. The maximum absolute atomic E-state index is 13.7. The standard InChI is InChI=1S/C26H30ClFN2O3/c27-21-8-10-23(11-9-21)33-19-26(17-24(31)29-13-2-1-3-14-29)12-5-15-30(18-26)25(32)20-6-4-7-22(28)16-20/h4,6-11,16H,1-3,5,12-15,17-19H2. The van der Waals surface area contributed by atoms with Crippen LogP contribution in [0.1, 0.15) is 48.9 Å². The van der Waals surface area contributed by atoms with Crippen molar-refractivity contribution in [3.05, 3.63) is 64.9 Å². The van der Waals surface area contributed by atoms with Gasteiger partial charge in [0, 0.05) is 48.6 Å². The molecule has 2 aromatic rings. The van der Waals surface area contributed by atoms with Gasteiger partial charge < -0.3 is 14.5 Å². The second-order valence-electron chi connectivity index (χ2n) is 9.20. The van der Waals surface area contributed by atoms with E-state index < -0.39 is 11.2 Å². The van der Waals surface area contributed by atoms with Gasteiger partial charge in [0.15, 0.2) is 0 Å². The summed E-state index contributed by atoms with van der Waals surface area (Å²) in [6.45, 7) is 2.88. The van der Waals surface area contributed by atoms with Gasteiger partial charge >= 0.3 is 0 Å². The second kappa shape index (κ2) is 10.6. The van der Waals surface area contributed by atoms with Crippen LogP contribution in [0.2, 0.25) is 5.02 Å². The number of benzene rings is 2. The van der Waals surface area contributed by atoms with E-state index in [2.05, 4.69) is 0 Å². The molecule has 0 spiro atoms. The zero-order valence-electron chi connectivity index (χ0n) is 18.8. The second-order valence-corrected chi connectivity index (χ2v) is 9.64. The normalized spacial score (nSPS) is 21.0. The summed E-state index contributed by atoms with van der Waals surface area (Å²) in [7, 11) is 0. The van der Waals surface area contributed by atoms with Crippen LogP contribution in [-0.4, -0.2) is 54.4 Å². The summed E-state index contributed by atoms with van der Waals surface area (Å²) < 4.78 is 19.8. The highest BCUT2D eigenvalue weighted by atomic mass is 35.5. The van der Waals surface area contributed by atoms with Crippen molar-refractivity contribution in [2.24, 2.45) is 5.41 Å². The molecule has 0 N–H and O–H groups in total. The molecule has 1 unspecified atom stereocenters. The van der Waals surface area contributed by atoms with Crippen LogP contribution in [-0.2, 0) is 4.79 Å². The lowest BCUT2D eigenvalue weighted by Crippen LogP contribution is -2.51. The van der Waals surface area contributed by atoms with Gasteiger partial charge in [-0.3, -0.25) is 9.59 Å². The van der Waals surface area contributed by atoms with Crippen molar-refractivity contribution in [3.63, 3.8) is 0 Å². The van der Waals surface area contributed by atoms with Crippen molar-refractivity contribution >= 4 is 23.4 Å². The van der Waals surface area contributed by atoms with Crippen LogP contribution in [0.3, 0.4) is 0 Å². The predicted octanol–water partition coefficient (Wildman–Crippen LogP) is 5.18. The van der Waals surface area contributed by atoms with E-state index in [9.17, 15) is 14.0 Å². The number of rotatable bonds is 6. The van der Waals surface area contributed by atoms with Crippen molar-refractivity contribution in [1.82, 2.24) is 9.80 Å². The van der Waals surface area contributed by atoms with Gasteiger partial charge in [0.2, 0.25) is 5.91 Å². The van der Waals surface area contributed by atoms with Crippen LogP contribution < -0.4 is 4.74 Å². The molecule has 0 radical (unpaired) electrons. The lowest BCUT2D eigenvalue weighted by atomic mass is 9.77. The van der Waals surface area contributed by atoms with Gasteiger partial charge in [-0.25, -0.2) is 4.39 Å². The third-order valence-electron chi connectivity index (χ3n) is 6.61. The van der Waals surface area contributed by atoms with Crippen molar-refractivity contribution in [2.45, 2.75) is 38.5 Å². The Hall–Kier alpha value is -2.60. The number of amides is 2. The van der Waals surface area contributed by atoms with E-state index >= 15 is 0 Å². The Morgan fingerprint density at radius 1 is 0.970 bits per heavy atom. The fraction of sp³-hybridized carbons (Fsp3) is 0.462. The summed E-state index contributed by atoms with van der Waals surface area (Å²) in [5, 5.41) is 0.627. The summed E-state index contributed by atoms with van der Waals surface area (Å²) in [6.07, 6.45) is 5.10. The average Bonchev–Trinajstić information content (AvgIpc) is 2.84. The van der Waals surface area contributed by atoms with E-state index in [1.807, 2.05) is 4.90 Å². The summed E-state index contributed by atoms with van der Waals surface area (Å²) in [5.74, 6) is 0.151. The van der Waals surface area contributed by atoms with Gasteiger partial charge in [-0.2, -0.15) is 0 Å². The third-order valence-corrected chi connectivity index (χ3v) is 6.87. The van der Waals surface area contributed by atoms with E-state index in [0.29, 0.717) is 42.5 Å². The number of carbonyl (C=O) groups excluding carboxylic acids is 2. The molecule has 0 bridgehead atoms. The summed E-state index contributed by atoms with van der Waals surface area (Å²) in [6, 6.07) is 12.9. The number of piperidine rings is 2. The van der Waals surface area contributed by atoms with Crippen molar-refractivity contribution in [1.29, 1.82) is 0 Å². The Balaban J connectivity index is 1.53. The zero-order valence-corrected chi connectivity index (χ0v) is 19.5. The number of ether oxygens (including phenoxy) is 1. The first-order valence-corrected chi connectivity index (χ1v) is 12.0. The Kier molecular flexibility index (Phi) is 7.53. The number of hydrogen-bond acceptors (Lipinski definition) is 3. The Bertz CT molecular complexity index is 978. The molecule has 0 aromatic heterocycles. The van der Waals surface area contributed by atoms with Crippen molar-refractivity contribution < 1.29 is 18.7 Å². The van der Waals surface area contributed by atoms with Crippen LogP contribution in [0.25, 0.3) is 0 Å². The van der Waals surface area contributed by atoms with Crippen LogP contribution in [0.5, 0.6) is 5.75 Å². The van der Waals surface area contributed by atoms with Crippen LogP contribution in [0.15, 0.2) is 48.5 Å². The maximum Gasteiger partial charge on any atom is 0.253 e. The molecule has 2 amide bonds. The molecule has 2 saturated heterocycles. The van der Waals surface area contributed by atoms with E-state index in [4.69, 9.17) is 16.3 Å². The molecule has 7 heteroatoms. The first-order valence-electron chi connectivity index (χ1n) is 11.7. The minimum atomic E-state index is -0.505. The molecule has 2 aliphatic heterocycles. The quantitative estimate of drug-likeness (QED) is 0.581. The molecule has 2 fully saturated rings. The molecular weight excluding hydrogens is 443 g/mol. The molecule has 0 aliphatic carbocycles. The third kappa shape index (κ3) is 6.05. The van der Waals surface area contributed by atoms with Crippen molar-refractivity contribution in [2.75, 3.05) is 32.8 Å². The largest absolute Gasteiger partial charge is 0.493 e. The minimum Gasteiger partial charge on any atom is -0.493 e. The van der Waals surface area contributed by atoms with E-state index in [-0.39, 0.29) is 11.8 Å². The Morgan fingerprint density at radius 3 is 2.42 bits per heavy atom. The van der Waals surface area contributed by atoms with Crippen molar-refractivity contribution in [3.8, 4) is 5.75 Å². The highest BCUT2D eigenvalue weighted by Gasteiger charge is 2.41. The fourth-order valence-corrected chi connectivity index (χ4v) is 4.97. The molecular formula is C26H30ClFN2O3. The number of hydrogen-bond donors (Lipinski definition) is 0. The van der Waals surface area contributed by atoms with Gasteiger partial charge in [0.05, 0.1) is 6.61 Å². The molecule has 2 aromatic carbocycles. The minimum absolute atomic E-state index is 0.120. The number of nitrogens with zero attached hydrogens (tertiary/aromatic N) is 2. The van der Waals surface area contributed by atoms with Gasteiger partial charge in [0.25, 0.3) is 5.91 Å². The number of halogens is 2. The monoisotopic (exact) mass is 472 g/mol. The van der Waals surface area contributed by atoms with Gasteiger partial charge in [-0.15, -0.1) is 0 Å². The highest BCUT2D eigenvalue weighted by molar-refractivity contribution is 6.30. The number of likely N-dealkylation sites (tertiary alicyclic amines) is 2. The van der Waals surface area contributed by atoms with E-state index in [0.717, 1.165) is 45.2 Å². The SMILES string of the molecule is O=C(CC1(COc2ccc(Cl)cc2)CCCN(C(=O)c2cccc(F)c2)C1)N1CCCCC1. The smallest absolute Gasteiger partial charge is 0.253 e. The first-order chi connectivity index (χ1) is 15.9. The first kappa shape index (κ1) is 23.6. The summed E-state index contributed by atoms with van der Waals surface area (Å²) in [4.78, 5) is 30.1. The lowest BCUT2D eigenvalue weighted by molar-refractivity contribution is -0.136. The molecule has 33 heavy (non-hydrogen) atoms. The zero-order chi connectivity index (χ0) is 23.3. The molecule has 2 aliphatic rings. The highest BCUT2D eigenvalue weighted by Crippen LogP contribution is 2.36. The molecule has 2 heterocycles. The molecule has 1 atom stereocenters. The van der Waals surface area contributed by atoms with Gasteiger partial charge in [-0.1, -0.05) is 17.7 Å². The lowest BCUT2D eigenvalue weighted by Gasteiger charge is -2.43. The predicted molar refractivity (Wildman–Crippen MR) is 126 cm³/mol. The van der Waals surface area contributed by atoms with Gasteiger partial charge in [0.1, 0.15) is 11.6 Å². The topological polar surface area (TPSA) is 49.9 Å². The molecule has 5 nitrogen and oxygen atoms in total. The molecule has 0 saturated carbocycles. The van der Waals surface area contributed by atoms with Crippen LogP contribution in [0.4, 0.5) is 4.39 Å². The van der Waals surface area contributed by atoms with Crippen LogP contribution in [0, 0.1) is 11.2 Å². The van der Waals surface area contributed by atoms with E-state index in [1.165, 1.54) is 12.1 Å². The molecule has 4 rings (SSSR count). The van der Waals surface area contributed by atoms with Gasteiger partial charge in [-0.05, 0) is 74.6 Å². The Morgan fingerprint density at radius 2 is 1.70 bits per heavy atom. The Labute approximate surface area is 199 Å². The fourth-order valence-electron chi connectivity index (χ4n) is 4.84. The summed E-state index contributed by atoms with van der Waals surface area (Å²) >= 11 is 5.99. The van der Waals surface area contributed by atoms with Crippen LogP contribution >= 0.6 is 11.6 Å². The van der Waals surface area contributed by atoms with E-state index in [1.54, 1.807) is 41.3 Å². The maximum atomic E-state index is 13.7.